The lowest BCUT2D eigenvalue weighted by Crippen LogP contribution is -2.25. The van der Waals surface area contributed by atoms with E-state index in [1.165, 1.54) is 0 Å². The molecule has 114 valence electrons. The van der Waals surface area contributed by atoms with Crippen molar-refractivity contribution in [3.63, 3.8) is 0 Å². The van der Waals surface area contributed by atoms with Gasteiger partial charge in [-0.25, -0.2) is 13.2 Å². The van der Waals surface area contributed by atoms with Gasteiger partial charge in [0.05, 0.1) is 0 Å². The highest BCUT2D eigenvalue weighted by molar-refractivity contribution is 5.23. The van der Waals surface area contributed by atoms with Gasteiger partial charge in [0.2, 0.25) is 0 Å². The Kier molecular flexibility index (Phi) is 5.86. The lowest BCUT2D eigenvalue weighted by atomic mass is 10.0. The molecule has 0 radical (unpaired) electrons. The Morgan fingerprint density at radius 1 is 1.05 bits per heavy atom. The molecule has 0 aliphatic carbocycles. The molecule has 0 saturated carbocycles. The van der Waals surface area contributed by atoms with Gasteiger partial charge >= 0.3 is 6.18 Å². The molecule has 1 atom stereocenters. The van der Waals surface area contributed by atoms with Crippen LogP contribution < -0.4 is 5.32 Å². The molecule has 0 amide bonds. The van der Waals surface area contributed by atoms with Gasteiger partial charge in [-0.1, -0.05) is 6.92 Å². The summed E-state index contributed by atoms with van der Waals surface area (Å²) in [5.74, 6) is -3.70. The van der Waals surface area contributed by atoms with Crippen molar-refractivity contribution in [1.29, 1.82) is 0 Å². The van der Waals surface area contributed by atoms with Crippen molar-refractivity contribution in [2.24, 2.45) is 0 Å². The smallest absolute Gasteiger partial charge is 0.310 e. The van der Waals surface area contributed by atoms with Crippen LogP contribution >= 0.6 is 0 Å². The number of benzene rings is 1. The molecule has 7 heteroatoms. The normalized spacial score (nSPS) is 13.6. The summed E-state index contributed by atoms with van der Waals surface area (Å²) in [6, 6.07) is -0.0561. The summed E-state index contributed by atoms with van der Waals surface area (Å²) < 4.78 is 76.3. The highest BCUT2D eigenvalue weighted by Crippen LogP contribution is 2.29. The van der Waals surface area contributed by atoms with Crippen LogP contribution in [0.1, 0.15) is 37.8 Å². The van der Waals surface area contributed by atoms with Crippen molar-refractivity contribution < 1.29 is 26.3 Å². The summed E-state index contributed by atoms with van der Waals surface area (Å²) in [6.07, 6.45) is -5.34. The molecular formula is C13H15F6N. The zero-order valence-electron chi connectivity index (χ0n) is 10.8. The van der Waals surface area contributed by atoms with Gasteiger partial charge in [-0.3, -0.25) is 0 Å². The van der Waals surface area contributed by atoms with Gasteiger partial charge in [0.25, 0.3) is 0 Å². The molecular weight excluding hydrogens is 284 g/mol. The molecule has 1 unspecified atom stereocenters. The Balaban J connectivity index is 2.95. The van der Waals surface area contributed by atoms with Crippen LogP contribution in [-0.4, -0.2) is 12.7 Å². The molecule has 1 nitrogen and oxygen atoms in total. The molecule has 20 heavy (non-hydrogen) atoms. The molecule has 1 aromatic rings. The first-order valence-corrected chi connectivity index (χ1v) is 6.19. The maximum absolute atomic E-state index is 13.6. The van der Waals surface area contributed by atoms with Gasteiger partial charge in [0.15, 0.2) is 11.6 Å². The lowest BCUT2D eigenvalue weighted by Gasteiger charge is -2.20. The van der Waals surface area contributed by atoms with Gasteiger partial charge in [0, 0.05) is 24.1 Å². The van der Waals surface area contributed by atoms with Crippen LogP contribution in [0.5, 0.6) is 0 Å². The molecule has 0 aromatic heterocycles. The van der Waals surface area contributed by atoms with Gasteiger partial charge in [0.1, 0.15) is 5.82 Å². The summed E-state index contributed by atoms with van der Waals surface area (Å²) in [5.41, 5.74) is -0.290. The van der Waals surface area contributed by atoms with Crippen LogP contribution in [0.3, 0.4) is 0 Å². The van der Waals surface area contributed by atoms with Crippen LogP contribution in [0.25, 0.3) is 0 Å². The van der Waals surface area contributed by atoms with Gasteiger partial charge in [-0.2, -0.15) is 13.2 Å². The standard InChI is InChI=1S/C13H15F6N/c1-2-5-20-12(3-4-13(17,18)19)8-6-10(15)11(16)7-9(8)14/h6-7,12,20H,2-5H2,1H3. The van der Waals surface area contributed by atoms with Crippen LogP contribution in [0.4, 0.5) is 26.3 Å². The minimum absolute atomic E-state index is 0.290. The zero-order chi connectivity index (χ0) is 15.3. The average Bonchev–Trinajstić information content (AvgIpc) is 2.33. The second-order valence-electron chi connectivity index (χ2n) is 4.45. The maximum Gasteiger partial charge on any atom is 0.389 e. The molecule has 0 spiro atoms. The Bertz CT molecular complexity index is 443. The quantitative estimate of drug-likeness (QED) is 0.603. The zero-order valence-corrected chi connectivity index (χ0v) is 10.8. The average molecular weight is 299 g/mol. The highest BCUT2D eigenvalue weighted by atomic mass is 19.4. The van der Waals surface area contributed by atoms with Crippen molar-refractivity contribution in [2.45, 2.75) is 38.4 Å². The van der Waals surface area contributed by atoms with E-state index in [9.17, 15) is 26.3 Å². The molecule has 1 aromatic carbocycles. The predicted octanol–water partition coefficient (Wildman–Crippen LogP) is 4.49. The summed E-state index contributed by atoms with van der Waals surface area (Å²) in [6.45, 7) is 2.14. The first kappa shape index (κ1) is 16.8. The van der Waals surface area contributed by atoms with Gasteiger partial charge in [-0.05, 0) is 25.5 Å². The third-order valence-corrected chi connectivity index (χ3v) is 2.77. The molecule has 0 saturated heterocycles. The monoisotopic (exact) mass is 299 g/mol. The molecule has 0 bridgehead atoms. The lowest BCUT2D eigenvalue weighted by molar-refractivity contribution is -0.136. The topological polar surface area (TPSA) is 12.0 Å². The summed E-state index contributed by atoms with van der Waals surface area (Å²) in [7, 11) is 0. The third-order valence-electron chi connectivity index (χ3n) is 2.77. The fourth-order valence-electron chi connectivity index (χ4n) is 1.80. The fourth-order valence-corrected chi connectivity index (χ4v) is 1.80. The minimum Gasteiger partial charge on any atom is -0.310 e. The van der Waals surface area contributed by atoms with E-state index < -0.39 is 42.5 Å². The van der Waals surface area contributed by atoms with E-state index in [2.05, 4.69) is 5.32 Å². The fraction of sp³-hybridized carbons (Fsp3) is 0.538. The number of hydrogen-bond acceptors (Lipinski definition) is 1. The first-order valence-electron chi connectivity index (χ1n) is 6.19. The molecule has 1 rings (SSSR count). The highest BCUT2D eigenvalue weighted by Gasteiger charge is 2.29. The van der Waals surface area contributed by atoms with E-state index in [4.69, 9.17) is 0 Å². The summed E-state index contributed by atoms with van der Waals surface area (Å²) >= 11 is 0. The second-order valence-corrected chi connectivity index (χ2v) is 4.45. The van der Waals surface area contributed by atoms with Crippen LogP contribution in [0.15, 0.2) is 12.1 Å². The van der Waals surface area contributed by atoms with Crippen LogP contribution in [-0.2, 0) is 0 Å². The number of rotatable bonds is 6. The Morgan fingerprint density at radius 3 is 2.20 bits per heavy atom. The molecule has 0 heterocycles. The summed E-state index contributed by atoms with van der Waals surface area (Å²) in [4.78, 5) is 0. The van der Waals surface area contributed by atoms with E-state index in [1.54, 1.807) is 6.92 Å². The third kappa shape index (κ3) is 5.03. The van der Waals surface area contributed by atoms with Crippen molar-refractivity contribution >= 4 is 0 Å². The van der Waals surface area contributed by atoms with Crippen LogP contribution in [0.2, 0.25) is 0 Å². The second kappa shape index (κ2) is 6.97. The SMILES string of the molecule is CCCNC(CCC(F)(F)F)c1cc(F)c(F)cc1F. The van der Waals surface area contributed by atoms with Gasteiger partial charge in [-0.15, -0.1) is 0 Å². The van der Waals surface area contributed by atoms with Crippen molar-refractivity contribution in [1.82, 2.24) is 5.32 Å². The number of alkyl halides is 3. The van der Waals surface area contributed by atoms with E-state index >= 15 is 0 Å². The predicted molar refractivity (Wildman–Crippen MR) is 62.6 cm³/mol. The van der Waals surface area contributed by atoms with Crippen LogP contribution in [0, 0.1) is 17.5 Å². The van der Waals surface area contributed by atoms with E-state index in [0.717, 1.165) is 0 Å². The summed E-state index contributed by atoms with van der Waals surface area (Å²) in [5, 5.41) is 2.72. The minimum atomic E-state index is -4.39. The first-order chi connectivity index (χ1) is 9.24. The van der Waals surface area contributed by atoms with Crippen molar-refractivity contribution in [2.75, 3.05) is 6.54 Å². The Labute approximate surface area is 113 Å². The van der Waals surface area contributed by atoms with Crippen molar-refractivity contribution in [3.8, 4) is 0 Å². The molecule has 1 N–H and O–H groups in total. The van der Waals surface area contributed by atoms with E-state index in [-0.39, 0.29) is 5.56 Å². The van der Waals surface area contributed by atoms with Gasteiger partial charge < -0.3 is 5.32 Å². The maximum atomic E-state index is 13.6. The van der Waals surface area contributed by atoms with E-state index in [0.29, 0.717) is 25.1 Å². The Morgan fingerprint density at radius 2 is 1.65 bits per heavy atom. The molecule has 0 aliphatic rings. The van der Waals surface area contributed by atoms with Crippen molar-refractivity contribution in [3.05, 3.63) is 35.1 Å². The van der Waals surface area contributed by atoms with E-state index in [1.807, 2.05) is 0 Å². The Hall–Kier alpha value is -1.24. The number of hydrogen-bond donors (Lipinski definition) is 1. The molecule has 0 aliphatic heterocycles. The largest absolute Gasteiger partial charge is 0.389 e. The molecule has 0 fully saturated rings. The number of nitrogens with one attached hydrogen (secondary N) is 1. The number of halogens is 6.